The summed E-state index contributed by atoms with van der Waals surface area (Å²) >= 11 is 0. The molecular weight excluding hydrogens is 238 g/mol. The van der Waals surface area contributed by atoms with Crippen LogP contribution in [-0.4, -0.2) is 15.2 Å². The fourth-order valence-electron chi connectivity index (χ4n) is 1.81. The second kappa shape index (κ2) is 4.94. The zero-order valence-electron chi connectivity index (χ0n) is 10.5. The van der Waals surface area contributed by atoms with Gasteiger partial charge in [-0.3, -0.25) is 5.10 Å². The molecule has 94 valence electrons. The molecule has 3 rings (SSSR count). The Bertz CT molecular complexity index is 677. The molecule has 2 aromatic heterocycles. The van der Waals surface area contributed by atoms with E-state index < -0.39 is 0 Å². The van der Waals surface area contributed by atoms with Gasteiger partial charge in [0.25, 0.3) is 0 Å². The van der Waals surface area contributed by atoms with E-state index in [2.05, 4.69) is 15.2 Å². The first-order valence-electron chi connectivity index (χ1n) is 6.02. The standard InChI is InChI=1S/C15H13N3O/c1-11-9-14(18-17-11)12-5-4-6-13(10-12)19-15-7-2-3-8-16-15/h2-10H,1H3,(H,17,18). The molecule has 0 amide bonds. The van der Waals surface area contributed by atoms with Crippen molar-refractivity contribution in [2.45, 2.75) is 6.92 Å². The van der Waals surface area contributed by atoms with Crippen molar-refractivity contribution < 1.29 is 4.74 Å². The number of hydrogen-bond acceptors (Lipinski definition) is 3. The smallest absolute Gasteiger partial charge is 0.219 e. The van der Waals surface area contributed by atoms with E-state index in [-0.39, 0.29) is 0 Å². The lowest BCUT2D eigenvalue weighted by Crippen LogP contribution is -1.87. The topological polar surface area (TPSA) is 50.8 Å². The van der Waals surface area contributed by atoms with E-state index in [1.54, 1.807) is 6.20 Å². The van der Waals surface area contributed by atoms with Crippen LogP contribution >= 0.6 is 0 Å². The Morgan fingerprint density at radius 3 is 2.74 bits per heavy atom. The van der Waals surface area contributed by atoms with E-state index in [0.29, 0.717) is 5.88 Å². The lowest BCUT2D eigenvalue weighted by Gasteiger charge is -2.05. The Morgan fingerprint density at radius 2 is 2.00 bits per heavy atom. The highest BCUT2D eigenvalue weighted by Gasteiger charge is 2.04. The second-order valence-electron chi connectivity index (χ2n) is 4.23. The highest BCUT2D eigenvalue weighted by atomic mass is 16.5. The molecule has 19 heavy (non-hydrogen) atoms. The normalized spacial score (nSPS) is 10.4. The second-order valence-corrected chi connectivity index (χ2v) is 4.23. The van der Waals surface area contributed by atoms with Crippen LogP contribution in [0.3, 0.4) is 0 Å². The predicted octanol–water partition coefficient (Wildman–Crippen LogP) is 3.57. The van der Waals surface area contributed by atoms with Gasteiger partial charge in [-0.1, -0.05) is 18.2 Å². The molecule has 2 heterocycles. The molecule has 0 saturated heterocycles. The number of pyridine rings is 1. The highest BCUT2D eigenvalue weighted by Crippen LogP contribution is 2.25. The van der Waals surface area contributed by atoms with E-state index in [9.17, 15) is 0 Å². The molecule has 0 radical (unpaired) electrons. The van der Waals surface area contributed by atoms with Crippen molar-refractivity contribution in [1.82, 2.24) is 15.2 Å². The number of ether oxygens (including phenoxy) is 1. The lowest BCUT2D eigenvalue weighted by molar-refractivity contribution is 0.463. The first-order chi connectivity index (χ1) is 9.31. The molecule has 0 fully saturated rings. The van der Waals surface area contributed by atoms with Crippen molar-refractivity contribution >= 4 is 0 Å². The molecule has 4 heteroatoms. The third kappa shape index (κ3) is 2.63. The molecule has 0 aliphatic rings. The van der Waals surface area contributed by atoms with Gasteiger partial charge in [0.2, 0.25) is 5.88 Å². The number of hydrogen-bond donors (Lipinski definition) is 1. The Morgan fingerprint density at radius 1 is 1.05 bits per heavy atom. The van der Waals surface area contributed by atoms with Crippen LogP contribution in [-0.2, 0) is 0 Å². The van der Waals surface area contributed by atoms with Crippen molar-refractivity contribution in [2.75, 3.05) is 0 Å². The minimum absolute atomic E-state index is 0.581. The van der Waals surface area contributed by atoms with Crippen LogP contribution in [0.15, 0.2) is 54.7 Å². The third-order valence-corrected chi connectivity index (χ3v) is 2.70. The van der Waals surface area contributed by atoms with Crippen LogP contribution in [0.2, 0.25) is 0 Å². The number of nitrogens with zero attached hydrogens (tertiary/aromatic N) is 2. The van der Waals surface area contributed by atoms with Gasteiger partial charge in [0.05, 0.1) is 5.69 Å². The van der Waals surface area contributed by atoms with Crippen molar-refractivity contribution in [3.8, 4) is 22.9 Å². The van der Waals surface area contributed by atoms with Crippen LogP contribution in [0.4, 0.5) is 0 Å². The average molecular weight is 251 g/mol. The molecule has 4 nitrogen and oxygen atoms in total. The molecule has 0 aliphatic heterocycles. The number of aryl methyl sites for hydroxylation is 1. The van der Waals surface area contributed by atoms with Gasteiger partial charge < -0.3 is 4.74 Å². The first kappa shape index (κ1) is 11.5. The van der Waals surface area contributed by atoms with Gasteiger partial charge in [-0.25, -0.2) is 4.98 Å². The number of rotatable bonds is 3. The summed E-state index contributed by atoms with van der Waals surface area (Å²) < 4.78 is 5.70. The van der Waals surface area contributed by atoms with Crippen molar-refractivity contribution in [3.63, 3.8) is 0 Å². The third-order valence-electron chi connectivity index (χ3n) is 2.70. The van der Waals surface area contributed by atoms with Gasteiger partial charge in [0.15, 0.2) is 0 Å². The zero-order chi connectivity index (χ0) is 13.1. The zero-order valence-corrected chi connectivity index (χ0v) is 10.5. The molecule has 0 saturated carbocycles. The summed E-state index contributed by atoms with van der Waals surface area (Å²) in [4.78, 5) is 4.14. The van der Waals surface area contributed by atoms with Gasteiger partial charge in [-0.2, -0.15) is 5.10 Å². The van der Waals surface area contributed by atoms with E-state index in [0.717, 1.165) is 22.7 Å². The predicted molar refractivity (Wildman–Crippen MR) is 73.1 cm³/mol. The van der Waals surface area contributed by atoms with Crippen LogP contribution < -0.4 is 4.74 Å². The maximum Gasteiger partial charge on any atom is 0.219 e. The average Bonchev–Trinajstić information content (AvgIpc) is 2.87. The summed E-state index contributed by atoms with van der Waals surface area (Å²) in [6.45, 7) is 1.98. The minimum Gasteiger partial charge on any atom is -0.439 e. The van der Waals surface area contributed by atoms with Gasteiger partial charge in [-0.15, -0.1) is 0 Å². The van der Waals surface area contributed by atoms with Gasteiger partial charge in [-0.05, 0) is 31.2 Å². The van der Waals surface area contributed by atoms with Crippen molar-refractivity contribution in [3.05, 3.63) is 60.4 Å². The van der Waals surface area contributed by atoms with E-state index >= 15 is 0 Å². The van der Waals surface area contributed by atoms with E-state index in [1.165, 1.54) is 0 Å². The summed E-state index contributed by atoms with van der Waals surface area (Å²) in [6.07, 6.45) is 1.70. The largest absolute Gasteiger partial charge is 0.439 e. The first-order valence-corrected chi connectivity index (χ1v) is 6.02. The monoisotopic (exact) mass is 251 g/mol. The molecule has 0 bridgehead atoms. The number of benzene rings is 1. The fourth-order valence-corrected chi connectivity index (χ4v) is 1.81. The van der Waals surface area contributed by atoms with Gasteiger partial charge >= 0.3 is 0 Å². The summed E-state index contributed by atoms with van der Waals surface area (Å²) in [6, 6.07) is 15.4. The maximum atomic E-state index is 5.70. The van der Waals surface area contributed by atoms with E-state index in [4.69, 9.17) is 4.74 Å². The summed E-state index contributed by atoms with van der Waals surface area (Å²) in [5.41, 5.74) is 2.95. The Kier molecular flexibility index (Phi) is 2.98. The lowest BCUT2D eigenvalue weighted by atomic mass is 10.1. The molecule has 1 aromatic carbocycles. The van der Waals surface area contributed by atoms with E-state index in [1.807, 2.05) is 55.5 Å². The van der Waals surface area contributed by atoms with Gasteiger partial charge in [0.1, 0.15) is 5.75 Å². The SMILES string of the molecule is Cc1cc(-c2cccc(Oc3ccccn3)c2)n[nH]1. The highest BCUT2D eigenvalue weighted by molar-refractivity contribution is 5.61. The molecule has 0 spiro atoms. The maximum absolute atomic E-state index is 5.70. The Balaban J connectivity index is 1.88. The van der Waals surface area contributed by atoms with Crippen LogP contribution in [0.25, 0.3) is 11.3 Å². The summed E-state index contributed by atoms with van der Waals surface area (Å²) in [5, 5.41) is 7.17. The number of aromatic nitrogens is 3. The van der Waals surface area contributed by atoms with Crippen LogP contribution in [0.5, 0.6) is 11.6 Å². The Labute approximate surface area is 111 Å². The summed E-state index contributed by atoms with van der Waals surface area (Å²) in [5.74, 6) is 1.33. The van der Waals surface area contributed by atoms with Gasteiger partial charge in [0, 0.05) is 23.5 Å². The molecule has 3 aromatic rings. The van der Waals surface area contributed by atoms with Crippen LogP contribution in [0, 0.1) is 6.92 Å². The quantitative estimate of drug-likeness (QED) is 0.774. The van der Waals surface area contributed by atoms with Crippen molar-refractivity contribution in [1.29, 1.82) is 0 Å². The molecular formula is C15H13N3O. The Hall–Kier alpha value is -2.62. The fraction of sp³-hybridized carbons (Fsp3) is 0.0667. The van der Waals surface area contributed by atoms with Crippen molar-refractivity contribution in [2.24, 2.45) is 0 Å². The molecule has 1 N–H and O–H groups in total. The molecule has 0 unspecified atom stereocenters. The van der Waals surface area contributed by atoms with Crippen LogP contribution in [0.1, 0.15) is 5.69 Å². The number of nitrogens with one attached hydrogen (secondary N) is 1. The molecule has 0 atom stereocenters. The number of H-pyrrole nitrogens is 1. The summed E-state index contributed by atoms with van der Waals surface area (Å²) in [7, 11) is 0. The molecule has 0 aliphatic carbocycles. The minimum atomic E-state index is 0.581. The number of aromatic amines is 1.